The number of nitrogens with one attached hydrogen (secondary N) is 2. The first-order valence-corrected chi connectivity index (χ1v) is 6.53. The highest BCUT2D eigenvalue weighted by atomic mass is 15.1. The van der Waals surface area contributed by atoms with Gasteiger partial charge in [0, 0.05) is 25.1 Å². The lowest BCUT2D eigenvalue weighted by Gasteiger charge is -2.15. The monoisotopic (exact) mass is 257 g/mol. The van der Waals surface area contributed by atoms with E-state index in [1.165, 1.54) is 5.56 Å². The molecule has 2 aromatic rings. The molecule has 0 amide bonds. The van der Waals surface area contributed by atoms with Crippen LogP contribution < -0.4 is 10.6 Å². The predicted molar refractivity (Wildman–Crippen MR) is 77.1 cm³/mol. The molecule has 19 heavy (non-hydrogen) atoms. The van der Waals surface area contributed by atoms with Crippen LogP contribution in [-0.2, 0) is 0 Å². The van der Waals surface area contributed by atoms with E-state index in [0.717, 1.165) is 18.8 Å². The van der Waals surface area contributed by atoms with Gasteiger partial charge in [0.1, 0.15) is 5.82 Å². The third-order valence-electron chi connectivity index (χ3n) is 2.76. The van der Waals surface area contributed by atoms with Crippen molar-refractivity contribution in [1.82, 2.24) is 15.0 Å². The highest BCUT2D eigenvalue weighted by Gasteiger charge is 2.06. The van der Waals surface area contributed by atoms with E-state index in [0.29, 0.717) is 5.95 Å². The summed E-state index contributed by atoms with van der Waals surface area (Å²) in [6.45, 7) is 5.08. The zero-order chi connectivity index (χ0) is 13.5. The summed E-state index contributed by atoms with van der Waals surface area (Å²) in [5.41, 5.74) is 1.18. The summed E-state index contributed by atoms with van der Waals surface area (Å²) < 4.78 is 0. The van der Waals surface area contributed by atoms with Crippen molar-refractivity contribution >= 4 is 11.8 Å². The average Bonchev–Trinajstić information content (AvgIpc) is 2.46. The van der Waals surface area contributed by atoms with Crippen LogP contribution in [0.25, 0.3) is 0 Å². The van der Waals surface area contributed by atoms with Crippen LogP contribution in [0.1, 0.15) is 31.9 Å². The molecule has 5 nitrogen and oxygen atoms in total. The summed E-state index contributed by atoms with van der Waals surface area (Å²) in [7, 11) is 0. The molecule has 5 heteroatoms. The van der Waals surface area contributed by atoms with E-state index in [1.54, 1.807) is 18.6 Å². The van der Waals surface area contributed by atoms with Gasteiger partial charge in [-0.25, -0.2) is 4.98 Å². The molecule has 0 spiro atoms. The van der Waals surface area contributed by atoms with Gasteiger partial charge in [0.2, 0.25) is 5.95 Å². The van der Waals surface area contributed by atoms with Gasteiger partial charge in [0.25, 0.3) is 0 Å². The molecule has 100 valence electrons. The van der Waals surface area contributed by atoms with Gasteiger partial charge in [0.05, 0.1) is 6.04 Å². The van der Waals surface area contributed by atoms with Crippen molar-refractivity contribution in [3.8, 4) is 0 Å². The van der Waals surface area contributed by atoms with E-state index < -0.39 is 0 Å². The van der Waals surface area contributed by atoms with Gasteiger partial charge in [-0.1, -0.05) is 6.92 Å². The van der Waals surface area contributed by atoms with Crippen molar-refractivity contribution < 1.29 is 0 Å². The number of pyridine rings is 1. The minimum absolute atomic E-state index is 0.178. The molecule has 0 aromatic carbocycles. The molecule has 2 heterocycles. The Balaban J connectivity index is 2.02. The van der Waals surface area contributed by atoms with Gasteiger partial charge >= 0.3 is 0 Å². The minimum Gasteiger partial charge on any atom is -0.363 e. The van der Waals surface area contributed by atoms with E-state index in [-0.39, 0.29) is 6.04 Å². The Bertz CT molecular complexity index is 500. The fraction of sp³-hybridized carbons (Fsp3) is 0.357. The van der Waals surface area contributed by atoms with Crippen LogP contribution in [0.3, 0.4) is 0 Å². The Hall–Kier alpha value is -2.17. The number of nitrogens with zero attached hydrogens (tertiary/aromatic N) is 3. The fourth-order valence-corrected chi connectivity index (χ4v) is 1.72. The van der Waals surface area contributed by atoms with Gasteiger partial charge in [-0.2, -0.15) is 4.98 Å². The van der Waals surface area contributed by atoms with Crippen molar-refractivity contribution in [3.05, 3.63) is 42.4 Å². The van der Waals surface area contributed by atoms with Crippen LogP contribution in [0.15, 0.2) is 36.8 Å². The van der Waals surface area contributed by atoms with Gasteiger partial charge in [-0.3, -0.25) is 4.98 Å². The van der Waals surface area contributed by atoms with Crippen LogP contribution in [0.4, 0.5) is 11.8 Å². The molecule has 0 radical (unpaired) electrons. The topological polar surface area (TPSA) is 62.7 Å². The van der Waals surface area contributed by atoms with Crippen LogP contribution in [-0.4, -0.2) is 21.5 Å². The predicted octanol–water partition coefficient (Wildman–Crippen LogP) is 2.87. The van der Waals surface area contributed by atoms with Crippen LogP contribution in [0, 0.1) is 0 Å². The zero-order valence-electron chi connectivity index (χ0n) is 11.3. The minimum atomic E-state index is 0.178. The second-order valence-electron chi connectivity index (χ2n) is 4.34. The first kappa shape index (κ1) is 13.3. The van der Waals surface area contributed by atoms with Gasteiger partial charge in [-0.15, -0.1) is 0 Å². The maximum atomic E-state index is 4.43. The largest absolute Gasteiger partial charge is 0.363 e. The standard InChI is InChI=1S/C14H19N5/c1-3-7-16-14-17-10-6-13(19-14)18-11(2)12-4-8-15-9-5-12/h4-6,8-11H,3,7H2,1-2H3,(H2,16,17,18,19). The third-order valence-corrected chi connectivity index (χ3v) is 2.76. The molecule has 2 rings (SSSR count). The lowest BCUT2D eigenvalue weighted by atomic mass is 10.1. The maximum Gasteiger partial charge on any atom is 0.224 e. The normalized spacial score (nSPS) is 11.9. The number of hydrogen-bond donors (Lipinski definition) is 2. The fourth-order valence-electron chi connectivity index (χ4n) is 1.72. The third kappa shape index (κ3) is 3.91. The number of hydrogen-bond acceptors (Lipinski definition) is 5. The molecular weight excluding hydrogens is 238 g/mol. The van der Waals surface area contributed by atoms with E-state index in [1.807, 2.05) is 18.2 Å². The van der Waals surface area contributed by atoms with Crippen LogP contribution in [0.5, 0.6) is 0 Å². The van der Waals surface area contributed by atoms with Crippen molar-refractivity contribution in [2.24, 2.45) is 0 Å². The summed E-state index contributed by atoms with van der Waals surface area (Å²) in [4.78, 5) is 12.6. The Morgan fingerprint density at radius 1 is 1.16 bits per heavy atom. The lowest BCUT2D eigenvalue weighted by Crippen LogP contribution is -2.10. The Kier molecular flexibility index (Phi) is 4.66. The van der Waals surface area contributed by atoms with E-state index in [2.05, 4.69) is 39.4 Å². The molecule has 0 saturated carbocycles. The molecule has 0 saturated heterocycles. The Morgan fingerprint density at radius 2 is 1.95 bits per heavy atom. The molecule has 0 bridgehead atoms. The average molecular weight is 257 g/mol. The lowest BCUT2D eigenvalue weighted by molar-refractivity contribution is 0.866. The second kappa shape index (κ2) is 6.68. The molecular formula is C14H19N5. The first-order chi connectivity index (χ1) is 9.29. The first-order valence-electron chi connectivity index (χ1n) is 6.53. The zero-order valence-corrected chi connectivity index (χ0v) is 11.3. The number of aromatic nitrogens is 3. The second-order valence-corrected chi connectivity index (χ2v) is 4.34. The molecule has 0 aliphatic rings. The molecule has 0 aliphatic carbocycles. The number of anilines is 2. The van der Waals surface area contributed by atoms with Crippen molar-refractivity contribution in [2.45, 2.75) is 26.3 Å². The molecule has 2 aromatic heterocycles. The molecule has 1 atom stereocenters. The molecule has 0 fully saturated rings. The van der Waals surface area contributed by atoms with E-state index >= 15 is 0 Å². The highest BCUT2D eigenvalue weighted by molar-refractivity contribution is 5.41. The molecule has 0 aliphatic heterocycles. The summed E-state index contributed by atoms with van der Waals surface area (Å²) in [6, 6.07) is 6.04. The van der Waals surface area contributed by atoms with Crippen LogP contribution in [0.2, 0.25) is 0 Å². The van der Waals surface area contributed by atoms with E-state index in [4.69, 9.17) is 0 Å². The Morgan fingerprint density at radius 3 is 2.68 bits per heavy atom. The van der Waals surface area contributed by atoms with E-state index in [9.17, 15) is 0 Å². The van der Waals surface area contributed by atoms with Gasteiger partial charge in [0.15, 0.2) is 0 Å². The van der Waals surface area contributed by atoms with Gasteiger partial charge < -0.3 is 10.6 Å². The maximum absolute atomic E-state index is 4.43. The van der Waals surface area contributed by atoms with Crippen molar-refractivity contribution in [1.29, 1.82) is 0 Å². The quantitative estimate of drug-likeness (QED) is 0.833. The van der Waals surface area contributed by atoms with Gasteiger partial charge in [-0.05, 0) is 37.1 Å². The molecule has 1 unspecified atom stereocenters. The van der Waals surface area contributed by atoms with Crippen molar-refractivity contribution in [3.63, 3.8) is 0 Å². The number of rotatable bonds is 6. The summed E-state index contributed by atoms with van der Waals surface area (Å²) in [6.07, 6.45) is 6.39. The summed E-state index contributed by atoms with van der Waals surface area (Å²) >= 11 is 0. The Labute approximate surface area is 113 Å². The SMILES string of the molecule is CCCNc1nccc(NC(C)c2ccncc2)n1. The van der Waals surface area contributed by atoms with Crippen LogP contribution >= 0.6 is 0 Å². The van der Waals surface area contributed by atoms with Crippen molar-refractivity contribution in [2.75, 3.05) is 17.2 Å². The smallest absolute Gasteiger partial charge is 0.224 e. The highest BCUT2D eigenvalue weighted by Crippen LogP contribution is 2.17. The molecule has 2 N–H and O–H groups in total. The summed E-state index contributed by atoms with van der Waals surface area (Å²) in [5, 5.41) is 6.53. The summed E-state index contributed by atoms with van der Waals surface area (Å²) in [5.74, 6) is 1.48.